The SMILES string of the molecule is CCC(CN)C(=O)N(C)CCCCCO. The van der Waals surface area contributed by atoms with Crippen LogP contribution < -0.4 is 5.73 Å². The molecule has 0 aromatic rings. The van der Waals surface area contributed by atoms with Crippen LogP contribution in [-0.4, -0.2) is 42.7 Å². The third-order valence-electron chi connectivity index (χ3n) is 2.65. The zero-order valence-electron chi connectivity index (χ0n) is 9.91. The number of hydrogen-bond acceptors (Lipinski definition) is 3. The number of nitrogens with zero attached hydrogens (tertiary/aromatic N) is 1. The van der Waals surface area contributed by atoms with Gasteiger partial charge in [-0.3, -0.25) is 4.79 Å². The van der Waals surface area contributed by atoms with Crippen molar-refractivity contribution in [2.24, 2.45) is 11.7 Å². The Morgan fingerprint density at radius 3 is 2.53 bits per heavy atom. The van der Waals surface area contributed by atoms with Gasteiger partial charge in [-0.25, -0.2) is 0 Å². The van der Waals surface area contributed by atoms with Gasteiger partial charge in [0.25, 0.3) is 0 Å². The Morgan fingerprint density at radius 1 is 1.40 bits per heavy atom. The van der Waals surface area contributed by atoms with Crippen molar-refractivity contribution in [3.63, 3.8) is 0 Å². The number of aliphatic hydroxyl groups is 1. The van der Waals surface area contributed by atoms with Crippen molar-refractivity contribution in [2.75, 3.05) is 26.7 Å². The molecule has 1 amide bonds. The summed E-state index contributed by atoms with van der Waals surface area (Å²) in [7, 11) is 1.82. The molecular formula is C11H24N2O2. The third kappa shape index (κ3) is 5.74. The van der Waals surface area contributed by atoms with E-state index >= 15 is 0 Å². The van der Waals surface area contributed by atoms with Crippen LogP contribution in [0.4, 0.5) is 0 Å². The Balaban J connectivity index is 3.77. The fraction of sp³-hybridized carbons (Fsp3) is 0.909. The van der Waals surface area contributed by atoms with Gasteiger partial charge in [0, 0.05) is 26.7 Å². The zero-order valence-corrected chi connectivity index (χ0v) is 9.91. The molecule has 1 unspecified atom stereocenters. The van der Waals surface area contributed by atoms with E-state index in [9.17, 15) is 4.79 Å². The number of rotatable bonds is 8. The highest BCUT2D eigenvalue weighted by Crippen LogP contribution is 2.06. The summed E-state index contributed by atoms with van der Waals surface area (Å²) in [6.45, 7) is 3.40. The number of amides is 1. The van der Waals surface area contributed by atoms with Crippen LogP contribution in [0.5, 0.6) is 0 Å². The van der Waals surface area contributed by atoms with E-state index in [0.717, 1.165) is 32.2 Å². The lowest BCUT2D eigenvalue weighted by Gasteiger charge is -2.21. The summed E-state index contributed by atoms with van der Waals surface area (Å²) in [4.78, 5) is 13.5. The Bertz CT molecular complexity index is 170. The minimum atomic E-state index is -0.0344. The predicted octanol–water partition coefficient (Wildman–Crippen LogP) is 0.592. The number of nitrogens with two attached hydrogens (primary N) is 1. The molecule has 0 saturated carbocycles. The van der Waals surface area contributed by atoms with Gasteiger partial charge in [-0.1, -0.05) is 6.92 Å². The lowest BCUT2D eigenvalue weighted by molar-refractivity contribution is -0.134. The van der Waals surface area contributed by atoms with Crippen LogP contribution >= 0.6 is 0 Å². The summed E-state index contributed by atoms with van der Waals surface area (Å²) in [6.07, 6.45) is 3.53. The number of unbranched alkanes of at least 4 members (excludes halogenated alkanes) is 2. The predicted molar refractivity (Wildman–Crippen MR) is 61.4 cm³/mol. The molecule has 4 heteroatoms. The number of hydrogen-bond donors (Lipinski definition) is 2. The molecule has 0 bridgehead atoms. The van der Waals surface area contributed by atoms with Crippen LogP contribution in [0, 0.1) is 5.92 Å². The molecule has 4 nitrogen and oxygen atoms in total. The van der Waals surface area contributed by atoms with E-state index in [2.05, 4.69) is 0 Å². The van der Waals surface area contributed by atoms with Crippen molar-refractivity contribution in [3.05, 3.63) is 0 Å². The van der Waals surface area contributed by atoms with Crippen molar-refractivity contribution >= 4 is 5.91 Å². The molecule has 0 heterocycles. The van der Waals surface area contributed by atoms with Gasteiger partial charge in [-0.05, 0) is 25.7 Å². The first-order valence-electron chi connectivity index (χ1n) is 5.73. The van der Waals surface area contributed by atoms with Gasteiger partial charge in [0.2, 0.25) is 5.91 Å². The standard InChI is InChI=1S/C11H24N2O2/c1-3-10(9-12)11(15)13(2)7-5-4-6-8-14/h10,14H,3-9,12H2,1-2H3. The molecule has 0 aliphatic carbocycles. The van der Waals surface area contributed by atoms with Gasteiger partial charge in [0.15, 0.2) is 0 Å². The summed E-state index contributed by atoms with van der Waals surface area (Å²) in [5, 5.41) is 8.61. The molecule has 0 aromatic carbocycles. The molecule has 15 heavy (non-hydrogen) atoms. The Hall–Kier alpha value is -0.610. The minimum Gasteiger partial charge on any atom is -0.396 e. The van der Waals surface area contributed by atoms with Gasteiger partial charge in [0.1, 0.15) is 0 Å². The average molecular weight is 216 g/mol. The Morgan fingerprint density at radius 2 is 2.07 bits per heavy atom. The van der Waals surface area contributed by atoms with Crippen LogP contribution in [-0.2, 0) is 4.79 Å². The topological polar surface area (TPSA) is 66.6 Å². The van der Waals surface area contributed by atoms with E-state index < -0.39 is 0 Å². The molecule has 0 saturated heterocycles. The highest BCUT2D eigenvalue weighted by atomic mass is 16.2. The first kappa shape index (κ1) is 14.4. The number of carbonyl (C=O) groups excluding carboxylic acids is 1. The van der Waals surface area contributed by atoms with Crippen LogP contribution in [0.2, 0.25) is 0 Å². The quantitative estimate of drug-likeness (QED) is 0.584. The fourth-order valence-electron chi connectivity index (χ4n) is 1.50. The summed E-state index contributed by atoms with van der Waals surface area (Å²) in [5.74, 6) is 0.108. The van der Waals surface area contributed by atoms with Gasteiger partial charge < -0.3 is 15.7 Å². The second-order valence-corrected chi connectivity index (χ2v) is 3.88. The van der Waals surface area contributed by atoms with Crippen molar-refractivity contribution in [2.45, 2.75) is 32.6 Å². The lowest BCUT2D eigenvalue weighted by atomic mass is 10.1. The van der Waals surface area contributed by atoms with Gasteiger partial charge >= 0.3 is 0 Å². The van der Waals surface area contributed by atoms with Gasteiger partial charge in [-0.2, -0.15) is 0 Å². The highest BCUT2D eigenvalue weighted by molar-refractivity contribution is 5.78. The summed E-state index contributed by atoms with van der Waals surface area (Å²) in [6, 6.07) is 0. The smallest absolute Gasteiger partial charge is 0.226 e. The van der Waals surface area contributed by atoms with E-state index in [4.69, 9.17) is 10.8 Å². The summed E-state index contributed by atoms with van der Waals surface area (Å²) >= 11 is 0. The number of carbonyl (C=O) groups is 1. The Kier molecular flexibility index (Phi) is 8.33. The second kappa shape index (κ2) is 8.68. The first-order valence-corrected chi connectivity index (χ1v) is 5.73. The molecule has 0 aliphatic heterocycles. The second-order valence-electron chi connectivity index (χ2n) is 3.88. The van der Waals surface area contributed by atoms with E-state index in [1.165, 1.54) is 0 Å². The molecule has 90 valence electrons. The van der Waals surface area contributed by atoms with Crippen molar-refractivity contribution in [3.8, 4) is 0 Å². The molecule has 0 spiro atoms. The molecule has 3 N–H and O–H groups in total. The van der Waals surface area contributed by atoms with Crippen LogP contribution in [0.25, 0.3) is 0 Å². The maximum Gasteiger partial charge on any atom is 0.226 e. The monoisotopic (exact) mass is 216 g/mol. The zero-order chi connectivity index (χ0) is 11.7. The van der Waals surface area contributed by atoms with Crippen molar-refractivity contribution in [1.82, 2.24) is 4.90 Å². The highest BCUT2D eigenvalue weighted by Gasteiger charge is 2.17. The number of aliphatic hydroxyl groups excluding tert-OH is 1. The van der Waals surface area contributed by atoms with Crippen molar-refractivity contribution in [1.29, 1.82) is 0 Å². The molecule has 0 rings (SSSR count). The van der Waals surface area contributed by atoms with E-state index in [1.54, 1.807) is 4.90 Å². The molecule has 0 fully saturated rings. The van der Waals surface area contributed by atoms with Crippen molar-refractivity contribution < 1.29 is 9.90 Å². The summed E-state index contributed by atoms with van der Waals surface area (Å²) in [5.41, 5.74) is 5.52. The lowest BCUT2D eigenvalue weighted by Crippen LogP contribution is -2.36. The van der Waals surface area contributed by atoms with Gasteiger partial charge in [0.05, 0.1) is 5.92 Å². The Labute approximate surface area is 92.4 Å². The van der Waals surface area contributed by atoms with Crippen LogP contribution in [0.15, 0.2) is 0 Å². The fourth-order valence-corrected chi connectivity index (χ4v) is 1.50. The van der Waals surface area contributed by atoms with Crippen LogP contribution in [0.3, 0.4) is 0 Å². The molecule has 1 atom stereocenters. The molecule has 0 aliphatic rings. The summed E-state index contributed by atoms with van der Waals surface area (Å²) < 4.78 is 0. The molecule has 0 aromatic heterocycles. The average Bonchev–Trinajstić information content (AvgIpc) is 2.25. The van der Waals surface area contributed by atoms with E-state index in [1.807, 2.05) is 14.0 Å². The molecular weight excluding hydrogens is 192 g/mol. The van der Waals surface area contributed by atoms with Gasteiger partial charge in [-0.15, -0.1) is 0 Å². The van der Waals surface area contributed by atoms with E-state index in [0.29, 0.717) is 6.54 Å². The first-order chi connectivity index (χ1) is 7.17. The van der Waals surface area contributed by atoms with E-state index in [-0.39, 0.29) is 18.4 Å². The van der Waals surface area contributed by atoms with Crippen LogP contribution in [0.1, 0.15) is 32.6 Å². The molecule has 0 radical (unpaired) electrons. The largest absolute Gasteiger partial charge is 0.396 e. The minimum absolute atomic E-state index is 0.0344. The third-order valence-corrected chi connectivity index (χ3v) is 2.65. The maximum absolute atomic E-state index is 11.8. The normalized spacial score (nSPS) is 12.5. The maximum atomic E-state index is 11.8.